The molecule has 0 spiro atoms. The SMILES string of the molecule is C[C@@H](NC(=O)c1ccc2c(c1)/C(=C(/Nc1cccc(CN3CCCC3)c1)c1ccc3c(ccn3C)c1)C(=O)N2)c1ccccc1. The molecule has 0 radical (unpaired) electrons. The fraction of sp³-hybridized carbons (Fsp3) is 0.211. The molecule has 0 unspecified atom stereocenters. The highest BCUT2D eigenvalue weighted by Crippen LogP contribution is 2.39. The molecule has 7 heteroatoms. The number of hydrogen-bond acceptors (Lipinski definition) is 4. The first kappa shape index (κ1) is 28.6. The van der Waals surface area contributed by atoms with Crippen LogP contribution in [0.25, 0.3) is 22.2 Å². The number of nitrogens with zero attached hydrogens (tertiary/aromatic N) is 2. The molecule has 7 rings (SSSR count). The van der Waals surface area contributed by atoms with Crippen molar-refractivity contribution < 1.29 is 9.59 Å². The van der Waals surface area contributed by atoms with Gasteiger partial charge in [0.25, 0.3) is 11.8 Å². The van der Waals surface area contributed by atoms with Crippen LogP contribution in [0, 0.1) is 0 Å². The predicted octanol–water partition coefficient (Wildman–Crippen LogP) is 7.20. The summed E-state index contributed by atoms with van der Waals surface area (Å²) in [5.41, 5.74) is 8.26. The quantitative estimate of drug-likeness (QED) is 0.166. The van der Waals surface area contributed by atoms with Gasteiger partial charge in [-0.2, -0.15) is 0 Å². The molecule has 0 aliphatic carbocycles. The van der Waals surface area contributed by atoms with E-state index in [-0.39, 0.29) is 17.9 Å². The first-order valence-electron chi connectivity index (χ1n) is 15.6. The Morgan fingerprint density at radius 2 is 1.69 bits per heavy atom. The second kappa shape index (κ2) is 12.1. The van der Waals surface area contributed by atoms with Gasteiger partial charge < -0.3 is 20.5 Å². The van der Waals surface area contributed by atoms with Crippen molar-refractivity contribution in [1.29, 1.82) is 0 Å². The van der Waals surface area contributed by atoms with E-state index in [1.54, 1.807) is 6.07 Å². The van der Waals surface area contributed by atoms with Crippen molar-refractivity contribution in [2.45, 2.75) is 32.4 Å². The van der Waals surface area contributed by atoms with Crippen LogP contribution < -0.4 is 16.0 Å². The van der Waals surface area contributed by atoms with Crippen LogP contribution in [0.15, 0.2) is 103 Å². The molecule has 1 atom stereocenters. The maximum Gasteiger partial charge on any atom is 0.258 e. The summed E-state index contributed by atoms with van der Waals surface area (Å²) in [5.74, 6) is -0.397. The number of anilines is 2. The molecule has 2 aliphatic rings. The second-order valence-electron chi connectivity index (χ2n) is 12.1. The van der Waals surface area contributed by atoms with Gasteiger partial charge in [0.05, 0.1) is 17.3 Å². The van der Waals surface area contributed by atoms with Gasteiger partial charge in [-0.3, -0.25) is 14.5 Å². The number of carbonyl (C=O) groups excluding carboxylic acids is 2. The predicted molar refractivity (Wildman–Crippen MR) is 182 cm³/mol. The minimum Gasteiger partial charge on any atom is -0.354 e. The molecule has 5 aromatic rings. The van der Waals surface area contributed by atoms with Gasteiger partial charge in [0.15, 0.2) is 0 Å². The van der Waals surface area contributed by atoms with Crippen LogP contribution in [0.3, 0.4) is 0 Å². The van der Waals surface area contributed by atoms with Crippen molar-refractivity contribution in [1.82, 2.24) is 14.8 Å². The van der Waals surface area contributed by atoms with E-state index in [0.29, 0.717) is 28.1 Å². The first-order valence-corrected chi connectivity index (χ1v) is 15.6. The molecular formula is C38H37N5O2. The van der Waals surface area contributed by atoms with Crippen LogP contribution in [0.1, 0.15) is 58.4 Å². The highest BCUT2D eigenvalue weighted by molar-refractivity contribution is 6.37. The van der Waals surface area contributed by atoms with E-state index in [2.05, 4.69) is 67.9 Å². The standard InChI is InChI=1S/C38H37N5O2/c1-25(27-10-4-3-5-11-27)39-37(44)30-13-15-33-32(23-30)35(38(45)41-33)36(29-14-16-34-28(22-29)17-20-42(34)2)40-31-12-8-9-26(21-31)24-43-18-6-7-19-43/h3-5,8-17,20-23,25,40H,6-7,18-19,24H2,1-2H3,(H,39,44)(H,41,45)/b36-35-/t25-/m1/s1. The number of fused-ring (bicyclic) bond motifs is 2. The topological polar surface area (TPSA) is 78.4 Å². The highest BCUT2D eigenvalue weighted by Gasteiger charge is 2.30. The minimum atomic E-state index is -0.205. The number of likely N-dealkylation sites (tertiary alicyclic amines) is 1. The van der Waals surface area contributed by atoms with Gasteiger partial charge in [0, 0.05) is 53.2 Å². The Morgan fingerprint density at radius 3 is 2.51 bits per heavy atom. The van der Waals surface area contributed by atoms with Gasteiger partial charge in [-0.1, -0.05) is 48.5 Å². The summed E-state index contributed by atoms with van der Waals surface area (Å²) in [4.78, 5) is 29.6. The Kier molecular flexibility index (Phi) is 7.69. The molecule has 3 heterocycles. The summed E-state index contributed by atoms with van der Waals surface area (Å²) in [5, 5.41) is 10.9. The van der Waals surface area contributed by atoms with Crippen molar-refractivity contribution >= 4 is 45.4 Å². The molecule has 45 heavy (non-hydrogen) atoms. The average molecular weight is 596 g/mol. The van der Waals surface area contributed by atoms with Gasteiger partial charge >= 0.3 is 0 Å². The molecule has 1 saturated heterocycles. The van der Waals surface area contributed by atoms with E-state index >= 15 is 0 Å². The lowest BCUT2D eigenvalue weighted by molar-refractivity contribution is -0.110. The molecular weight excluding hydrogens is 558 g/mol. The van der Waals surface area contributed by atoms with Gasteiger partial charge in [-0.05, 0) is 98.1 Å². The number of aryl methyl sites for hydroxylation is 1. The van der Waals surface area contributed by atoms with Crippen molar-refractivity contribution in [3.05, 3.63) is 131 Å². The number of rotatable bonds is 8. The molecule has 7 nitrogen and oxygen atoms in total. The number of amides is 2. The van der Waals surface area contributed by atoms with Crippen LogP contribution in [-0.4, -0.2) is 34.4 Å². The second-order valence-corrected chi connectivity index (χ2v) is 12.1. The summed E-state index contributed by atoms with van der Waals surface area (Å²) in [7, 11) is 2.03. The third-order valence-electron chi connectivity index (χ3n) is 8.90. The lowest BCUT2D eigenvalue weighted by Gasteiger charge is -2.18. The van der Waals surface area contributed by atoms with Gasteiger partial charge in [-0.15, -0.1) is 0 Å². The van der Waals surface area contributed by atoms with Crippen molar-refractivity contribution in [3.8, 4) is 0 Å². The van der Waals surface area contributed by atoms with E-state index in [1.165, 1.54) is 18.4 Å². The van der Waals surface area contributed by atoms with Crippen LogP contribution in [-0.2, 0) is 18.4 Å². The van der Waals surface area contributed by atoms with Crippen molar-refractivity contribution in [2.24, 2.45) is 7.05 Å². The normalized spacial score (nSPS) is 16.4. The van der Waals surface area contributed by atoms with E-state index in [1.807, 2.05) is 68.7 Å². The largest absolute Gasteiger partial charge is 0.354 e. The summed E-state index contributed by atoms with van der Waals surface area (Å²) in [6, 6.07) is 31.9. The fourth-order valence-corrected chi connectivity index (χ4v) is 6.47. The van der Waals surface area contributed by atoms with Crippen molar-refractivity contribution in [2.75, 3.05) is 23.7 Å². The molecule has 2 amide bonds. The van der Waals surface area contributed by atoms with Crippen LogP contribution in [0.5, 0.6) is 0 Å². The number of hydrogen-bond donors (Lipinski definition) is 3. The van der Waals surface area contributed by atoms with Gasteiger partial charge in [-0.25, -0.2) is 0 Å². The van der Waals surface area contributed by atoms with E-state index in [9.17, 15) is 9.59 Å². The molecule has 0 bridgehead atoms. The summed E-state index contributed by atoms with van der Waals surface area (Å²) >= 11 is 0. The lowest BCUT2D eigenvalue weighted by atomic mass is 9.97. The van der Waals surface area contributed by atoms with Crippen LogP contribution in [0.4, 0.5) is 11.4 Å². The maximum atomic E-state index is 13.7. The third-order valence-corrected chi connectivity index (χ3v) is 8.90. The smallest absolute Gasteiger partial charge is 0.258 e. The Hall–Kier alpha value is -5.14. The minimum absolute atomic E-state index is 0.163. The summed E-state index contributed by atoms with van der Waals surface area (Å²) in [6.45, 7) is 5.12. The first-order chi connectivity index (χ1) is 21.9. The molecule has 4 aromatic carbocycles. The monoisotopic (exact) mass is 595 g/mol. The van der Waals surface area contributed by atoms with E-state index in [4.69, 9.17) is 0 Å². The Morgan fingerprint density at radius 1 is 0.889 bits per heavy atom. The van der Waals surface area contributed by atoms with Gasteiger partial charge in [0.1, 0.15) is 0 Å². The Balaban J connectivity index is 1.28. The van der Waals surface area contributed by atoms with E-state index in [0.717, 1.165) is 47.4 Å². The summed E-state index contributed by atoms with van der Waals surface area (Å²) in [6.07, 6.45) is 4.53. The molecule has 0 saturated carbocycles. The zero-order valence-corrected chi connectivity index (χ0v) is 25.6. The molecule has 1 aromatic heterocycles. The number of carbonyl (C=O) groups is 2. The zero-order chi connectivity index (χ0) is 30.9. The molecule has 226 valence electrons. The highest BCUT2D eigenvalue weighted by atomic mass is 16.2. The van der Waals surface area contributed by atoms with Crippen LogP contribution in [0.2, 0.25) is 0 Å². The summed E-state index contributed by atoms with van der Waals surface area (Å²) < 4.78 is 2.08. The zero-order valence-electron chi connectivity index (χ0n) is 25.6. The third kappa shape index (κ3) is 5.87. The van der Waals surface area contributed by atoms with Gasteiger partial charge in [0.2, 0.25) is 0 Å². The number of aromatic nitrogens is 1. The Labute approximate surface area is 263 Å². The average Bonchev–Trinajstić information content (AvgIpc) is 3.78. The fourth-order valence-electron chi connectivity index (χ4n) is 6.47. The maximum absolute atomic E-state index is 13.7. The Bertz CT molecular complexity index is 1930. The van der Waals surface area contributed by atoms with E-state index < -0.39 is 0 Å². The van der Waals surface area contributed by atoms with Crippen LogP contribution >= 0.6 is 0 Å². The van der Waals surface area contributed by atoms with Crippen molar-refractivity contribution in [3.63, 3.8) is 0 Å². The number of nitrogens with one attached hydrogen (secondary N) is 3. The molecule has 3 N–H and O–H groups in total. The molecule has 1 fully saturated rings. The molecule has 2 aliphatic heterocycles. The number of benzene rings is 4. The lowest BCUT2D eigenvalue weighted by Crippen LogP contribution is -2.26.